The fourth-order valence-electron chi connectivity index (χ4n) is 6.53. The van der Waals surface area contributed by atoms with Crippen LogP contribution in [0.3, 0.4) is 0 Å². The van der Waals surface area contributed by atoms with E-state index >= 15 is 4.39 Å². The quantitative estimate of drug-likeness (QED) is 0.108. The smallest absolute Gasteiger partial charge is 0.309 e. The summed E-state index contributed by atoms with van der Waals surface area (Å²) in [7, 11) is 0. The Morgan fingerprint density at radius 2 is 1.66 bits per heavy atom. The van der Waals surface area contributed by atoms with Crippen LogP contribution in [-0.2, 0) is 38.5 Å². The van der Waals surface area contributed by atoms with E-state index in [1.807, 2.05) is 56.4 Å². The molecule has 1 amide bonds. The maximum Gasteiger partial charge on any atom is 0.309 e. The summed E-state index contributed by atoms with van der Waals surface area (Å²) in [5.74, 6) is -0.111. The average molecular weight is 735 g/mol. The average Bonchev–Trinajstić information content (AvgIpc) is 3.86. The van der Waals surface area contributed by atoms with Gasteiger partial charge in [0.05, 0.1) is 26.7 Å². The van der Waals surface area contributed by atoms with Crippen LogP contribution in [0.4, 0.5) is 4.39 Å². The van der Waals surface area contributed by atoms with E-state index in [2.05, 4.69) is 16.0 Å². The van der Waals surface area contributed by atoms with E-state index in [1.54, 1.807) is 29.3 Å². The van der Waals surface area contributed by atoms with Gasteiger partial charge in [-0.15, -0.1) is 11.3 Å². The number of ether oxygens (including phenoxy) is 2. The number of halogens is 1. The molecule has 53 heavy (non-hydrogen) atoms. The van der Waals surface area contributed by atoms with Gasteiger partial charge in [0.1, 0.15) is 11.5 Å². The molecule has 11 heteroatoms. The molecule has 4 heterocycles. The lowest BCUT2D eigenvalue weighted by Crippen LogP contribution is -2.49. The molecular weight excluding hydrogens is 692 g/mol. The first kappa shape index (κ1) is 36.4. The van der Waals surface area contributed by atoms with Crippen molar-refractivity contribution in [2.75, 3.05) is 32.8 Å². The number of nitrogens with zero attached hydrogens (tertiary/aromatic N) is 4. The molecule has 0 spiro atoms. The molecule has 0 unspecified atom stereocenters. The van der Waals surface area contributed by atoms with Crippen molar-refractivity contribution in [3.05, 3.63) is 107 Å². The number of piperazine rings is 1. The summed E-state index contributed by atoms with van der Waals surface area (Å²) in [5, 5.41) is 0. The number of benzene rings is 2. The van der Waals surface area contributed by atoms with Gasteiger partial charge in [-0.1, -0.05) is 48.9 Å². The van der Waals surface area contributed by atoms with Gasteiger partial charge in [-0.3, -0.25) is 29.3 Å². The number of ketones is 1. The maximum absolute atomic E-state index is 15.0. The lowest BCUT2D eigenvalue weighted by atomic mass is 10.0. The summed E-state index contributed by atoms with van der Waals surface area (Å²) in [4.78, 5) is 51.8. The summed E-state index contributed by atoms with van der Waals surface area (Å²) in [5.41, 5.74) is 5.47. The Balaban J connectivity index is 0.888. The van der Waals surface area contributed by atoms with Crippen LogP contribution in [0.5, 0.6) is 11.5 Å². The number of aryl methyl sites for hydroxylation is 1. The zero-order valence-electron chi connectivity index (χ0n) is 30.1. The summed E-state index contributed by atoms with van der Waals surface area (Å²) in [6.45, 7) is 6.85. The normalized spacial score (nSPS) is 15.3. The molecule has 0 bridgehead atoms. The highest BCUT2D eigenvalue weighted by atomic mass is 32.1. The van der Waals surface area contributed by atoms with Gasteiger partial charge in [-0.05, 0) is 73.1 Å². The minimum absolute atomic E-state index is 0.0983. The Morgan fingerprint density at radius 1 is 0.906 bits per heavy atom. The second-order valence-electron chi connectivity index (χ2n) is 14.3. The molecule has 1 atom stereocenters. The molecule has 2 aromatic carbocycles. The van der Waals surface area contributed by atoms with E-state index in [0.29, 0.717) is 62.8 Å². The lowest BCUT2D eigenvalue weighted by Gasteiger charge is -2.34. The fourth-order valence-corrected chi connectivity index (χ4v) is 7.57. The topological polar surface area (TPSA) is 102 Å². The van der Waals surface area contributed by atoms with Crippen LogP contribution >= 0.6 is 11.3 Å². The molecule has 7 rings (SSSR count). The van der Waals surface area contributed by atoms with Crippen LogP contribution in [0.15, 0.2) is 79.1 Å². The number of rotatable bonds is 14. The number of thiophene rings is 1. The number of Topliss-reactive ketones (excluding diaryl/α,β-unsaturated/α-hetero) is 1. The molecule has 1 aliphatic heterocycles. The first-order valence-corrected chi connectivity index (χ1v) is 19.0. The Morgan fingerprint density at radius 3 is 2.38 bits per heavy atom. The number of fused-ring (bicyclic) bond motifs is 1. The molecule has 3 aromatic heterocycles. The zero-order valence-corrected chi connectivity index (χ0v) is 30.9. The number of hydrogen-bond acceptors (Lipinski definition) is 9. The number of amides is 1. The molecule has 1 saturated carbocycles. The molecule has 0 radical (unpaired) electrons. The Bertz CT molecular complexity index is 2090. The SMILES string of the molecule is Cc1ccc(C[C@H](C)C(=O)OCC(=O)N2CCN(Cc3ccc(-c4cc5nccc(Oc6ccc(CC(=O)CC7CC7)cc6F)c5s4)nc3)CC2)cc1. The highest BCUT2D eigenvalue weighted by molar-refractivity contribution is 7.22. The molecule has 2 aliphatic rings. The predicted molar refractivity (Wildman–Crippen MR) is 202 cm³/mol. The molecule has 5 aromatic rings. The number of hydrogen-bond donors (Lipinski definition) is 0. The molecule has 0 N–H and O–H groups in total. The maximum atomic E-state index is 15.0. The van der Waals surface area contributed by atoms with Crippen LogP contribution in [0.1, 0.15) is 48.4 Å². The zero-order chi connectivity index (χ0) is 36.9. The van der Waals surface area contributed by atoms with Gasteiger partial charge in [0.15, 0.2) is 18.2 Å². The van der Waals surface area contributed by atoms with Crippen LogP contribution in [0, 0.1) is 24.6 Å². The van der Waals surface area contributed by atoms with Crippen LogP contribution in [0.2, 0.25) is 0 Å². The molecule has 9 nitrogen and oxygen atoms in total. The van der Waals surface area contributed by atoms with Crippen LogP contribution in [0.25, 0.3) is 20.8 Å². The predicted octanol–water partition coefficient (Wildman–Crippen LogP) is 7.58. The van der Waals surface area contributed by atoms with E-state index in [4.69, 9.17) is 14.5 Å². The minimum Gasteiger partial charge on any atom is -0.455 e. The molecule has 2 fully saturated rings. The first-order chi connectivity index (χ1) is 25.7. The van der Waals surface area contributed by atoms with Gasteiger partial charge < -0.3 is 14.4 Å². The summed E-state index contributed by atoms with van der Waals surface area (Å²) in [6.07, 6.45) is 7.12. The van der Waals surface area contributed by atoms with Crippen molar-refractivity contribution < 1.29 is 28.2 Å². The third kappa shape index (κ3) is 9.52. The highest BCUT2D eigenvalue weighted by Crippen LogP contribution is 2.39. The molecular formula is C42H43FN4O5S. The monoisotopic (exact) mass is 734 g/mol. The third-order valence-corrected chi connectivity index (χ3v) is 11.0. The van der Waals surface area contributed by atoms with Crippen molar-refractivity contribution in [3.8, 4) is 22.1 Å². The standard InChI is InChI=1S/C42H43FN4O5S/c1-27-3-5-29(6-4-27)19-28(2)42(50)51-26-40(49)47-17-15-46(16-18-47)25-32-9-11-35(45-24-32)39-23-36-41(53-39)38(13-14-44-36)52-37-12-10-31(22-34(37)43)21-33(48)20-30-7-8-30/h3-6,9-14,22-24,28,30H,7-8,15-21,25-26H2,1-2H3/t28-/m0/s1. The van der Waals surface area contributed by atoms with Crippen molar-refractivity contribution in [2.24, 2.45) is 11.8 Å². The second-order valence-corrected chi connectivity index (χ2v) is 15.3. The number of esters is 1. The number of carbonyl (C=O) groups excluding carboxylic acids is 3. The van der Waals surface area contributed by atoms with Crippen molar-refractivity contribution >= 4 is 39.2 Å². The Kier molecular flexibility index (Phi) is 11.2. The second kappa shape index (κ2) is 16.3. The summed E-state index contributed by atoms with van der Waals surface area (Å²) in [6, 6.07) is 20.5. The van der Waals surface area contributed by atoms with E-state index in [0.717, 1.165) is 44.8 Å². The largest absolute Gasteiger partial charge is 0.455 e. The summed E-state index contributed by atoms with van der Waals surface area (Å²) < 4.78 is 27.2. The Labute approximate surface area is 312 Å². The van der Waals surface area contributed by atoms with Gasteiger partial charge in [0.2, 0.25) is 0 Å². The van der Waals surface area contributed by atoms with Gasteiger partial charge in [-0.2, -0.15) is 0 Å². The number of pyridine rings is 2. The number of aromatic nitrogens is 2. The van der Waals surface area contributed by atoms with Crippen molar-refractivity contribution in [2.45, 2.75) is 52.5 Å². The van der Waals surface area contributed by atoms with Gasteiger partial charge >= 0.3 is 5.97 Å². The van der Waals surface area contributed by atoms with E-state index in [9.17, 15) is 14.4 Å². The van der Waals surface area contributed by atoms with Crippen molar-refractivity contribution in [3.63, 3.8) is 0 Å². The third-order valence-electron chi connectivity index (χ3n) is 9.82. The first-order valence-electron chi connectivity index (χ1n) is 18.2. The summed E-state index contributed by atoms with van der Waals surface area (Å²) >= 11 is 1.48. The molecule has 274 valence electrons. The number of carbonyl (C=O) groups is 3. The molecule has 1 saturated heterocycles. The van der Waals surface area contributed by atoms with Crippen molar-refractivity contribution in [1.29, 1.82) is 0 Å². The van der Waals surface area contributed by atoms with Crippen LogP contribution < -0.4 is 4.74 Å². The van der Waals surface area contributed by atoms with Crippen molar-refractivity contribution in [1.82, 2.24) is 19.8 Å². The van der Waals surface area contributed by atoms with Crippen LogP contribution in [-0.4, -0.2) is 70.2 Å². The Hall–Kier alpha value is -5.00. The minimum atomic E-state index is -0.505. The van der Waals surface area contributed by atoms with E-state index in [1.165, 1.54) is 23.0 Å². The molecule has 1 aliphatic carbocycles. The lowest BCUT2D eigenvalue weighted by molar-refractivity contribution is -0.155. The van der Waals surface area contributed by atoms with Gasteiger partial charge in [0, 0.05) is 64.0 Å². The van der Waals surface area contributed by atoms with E-state index < -0.39 is 5.82 Å². The van der Waals surface area contributed by atoms with E-state index in [-0.39, 0.29) is 42.4 Å². The van der Waals surface area contributed by atoms with Gasteiger partial charge in [0.25, 0.3) is 5.91 Å². The fraction of sp³-hybridized carbons (Fsp3) is 0.357. The van der Waals surface area contributed by atoms with Gasteiger partial charge in [-0.25, -0.2) is 4.39 Å². The highest BCUT2D eigenvalue weighted by Gasteiger charge is 2.25.